The van der Waals surface area contributed by atoms with Crippen molar-refractivity contribution in [1.29, 1.82) is 0 Å². The molecule has 1 atom stereocenters. The number of rotatable bonds is 10. The molecule has 0 aliphatic heterocycles. The molecule has 0 aliphatic carbocycles. The number of aryl methyl sites for hydroxylation is 1. The van der Waals surface area contributed by atoms with E-state index in [0.29, 0.717) is 39.2 Å². The fourth-order valence-electron chi connectivity index (χ4n) is 3.89. The van der Waals surface area contributed by atoms with Gasteiger partial charge in [0.25, 0.3) is 0 Å². The Morgan fingerprint density at radius 3 is 2.36 bits per heavy atom. The zero-order valence-electron chi connectivity index (χ0n) is 21.3. The molecule has 0 radical (unpaired) electrons. The van der Waals surface area contributed by atoms with Crippen molar-refractivity contribution in [3.8, 4) is 17.0 Å². The monoisotopic (exact) mass is 564 g/mol. The Morgan fingerprint density at radius 2 is 1.69 bits per heavy atom. The van der Waals surface area contributed by atoms with Gasteiger partial charge in [-0.15, -0.1) is 0 Å². The van der Waals surface area contributed by atoms with E-state index in [1.165, 1.54) is 13.2 Å². The van der Waals surface area contributed by atoms with Crippen LogP contribution in [0.5, 0.6) is 5.75 Å². The number of hydrogen-bond acceptors (Lipinski definition) is 6. The normalized spacial score (nSPS) is 11.8. The Kier molecular flexibility index (Phi) is 9.41. The van der Waals surface area contributed by atoms with E-state index in [9.17, 15) is 9.59 Å². The quantitative estimate of drug-likeness (QED) is 0.176. The lowest BCUT2D eigenvalue weighted by Crippen LogP contribution is -2.42. The number of amides is 1. The van der Waals surface area contributed by atoms with Crippen molar-refractivity contribution in [3.05, 3.63) is 111 Å². The SMILES string of the molecule is COC(=O)[C@H](Cc1ccccc1)NC(=O)/C=C/c1ccc(OCc2c(-c3c(Cl)cccc3Cl)noc2C)cc1. The van der Waals surface area contributed by atoms with Crippen molar-refractivity contribution in [2.75, 3.05) is 7.11 Å². The third kappa shape index (κ3) is 7.28. The number of carbonyl (C=O) groups excluding carboxylic acids is 2. The number of benzene rings is 3. The van der Waals surface area contributed by atoms with Gasteiger partial charge >= 0.3 is 5.97 Å². The summed E-state index contributed by atoms with van der Waals surface area (Å²) in [5.41, 5.74) is 3.55. The van der Waals surface area contributed by atoms with Gasteiger partial charge in [-0.2, -0.15) is 0 Å². The third-order valence-electron chi connectivity index (χ3n) is 5.96. The molecule has 1 aromatic heterocycles. The Morgan fingerprint density at radius 1 is 1.00 bits per heavy atom. The molecular formula is C30H26Cl2N2O5. The number of hydrogen-bond donors (Lipinski definition) is 1. The Balaban J connectivity index is 1.37. The number of methoxy groups -OCH3 is 1. The van der Waals surface area contributed by atoms with Gasteiger partial charge in [-0.05, 0) is 48.4 Å². The number of ether oxygens (including phenoxy) is 2. The van der Waals surface area contributed by atoms with Crippen molar-refractivity contribution >= 4 is 41.2 Å². The van der Waals surface area contributed by atoms with Crippen LogP contribution in [0.4, 0.5) is 0 Å². The van der Waals surface area contributed by atoms with Gasteiger partial charge in [0.15, 0.2) is 0 Å². The molecule has 0 spiro atoms. The summed E-state index contributed by atoms with van der Waals surface area (Å²) < 4.78 is 16.2. The average Bonchev–Trinajstić information content (AvgIpc) is 3.30. The van der Waals surface area contributed by atoms with Gasteiger partial charge in [-0.1, -0.05) is 76.9 Å². The molecule has 9 heteroatoms. The number of aromatic nitrogens is 1. The van der Waals surface area contributed by atoms with E-state index < -0.39 is 17.9 Å². The van der Waals surface area contributed by atoms with Crippen LogP contribution in [0, 0.1) is 6.92 Å². The summed E-state index contributed by atoms with van der Waals surface area (Å²) in [6.07, 6.45) is 3.35. The van der Waals surface area contributed by atoms with E-state index in [-0.39, 0.29) is 6.61 Å². The Labute approximate surface area is 236 Å². The molecule has 0 fully saturated rings. The lowest BCUT2D eigenvalue weighted by molar-refractivity contribution is -0.144. The predicted octanol–water partition coefficient (Wildman–Crippen LogP) is 6.45. The van der Waals surface area contributed by atoms with E-state index in [2.05, 4.69) is 10.5 Å². The van der Waals surface area contributed by atoms with Crippen LogP contribution in [0.15, 0.2) is 83.4 Å². The minimum Gasteiger partial charge on any atom is -0.489 e. The molecule has 1 N–H and O–H groups in total. The summed E-state index contributed by atoms with van der Waals surface area (Å²) in [7, 11) is 1.29. The molecule has 0 aliphatic rings. The summed E-state index contributed by atoms with van der Waals surface area (Å²) in [5, 5.41) is 7.78. The van der Waals surface area contributed by atoms with Crippen LogP contribution < -0.4 is 10.1 Å². The van der Waals surface area contributed by atoms with E-state index in [4.69, 9.17) is 37.2 Å². The van der Waals surface area contributed by atoms with Crippen LogP contribution in [0.2, 0.25) is 10.0 Å². The first kappa shape index (κ1) is 28.0. The lowest BCUT2D eigenvalue weighted by atomic mass is 10.1. The molecule has 3 aromatic carbocycles. The van der Waals surface area contributed by atoms with Gasteiger partial charge in [0.05, 0.1) is 22.7 Å². The number of esters is 1. The average molecular weight is 565 g/mol. The minimum absolute atomic E-state index is 0.195. The molecule has 0 saturated carbocycles. The first-order valence-corrected chi connectivity index (χ1v) is 12.8. The van der Waals surface area contributed by atoms with Crippen molar-refractivity contribution in [3.63, 3.8) is 0 Å². The maximum absolute atomic E-state index is 12.5. The smallest absolute Gasteiger partial charge is 0.328 e. The highest BCUT2D eigenvalue weighted by Gasteiger charge is 2.21. The van der Waals surface area contributed by atoms with Crippen molar-refractivity contribution in [1.82, 2.24) is 10.5 Å². The number of carbonyl (C=O) groups is 2. The first-order chi connectivity index (χ1) is 18.9. The molecule has 0 saturated heterocycles. The minimum atomic E-state index is -0.795. The fourth-order valence-corrected chi connectivity index (χ4v) is 4.47. The third-order valence-corrected chi connectivity index (χ3v) is 6.59. The topological polar surface area (TPSA) is 90.7 Å². The van der Waals surface area contributed by atoms with Gasteiger partial charge in [-0.25, -0.2) is 4.79 Å². The number of nitrogens with zero attached hydrogens (tertiary/aromatic N) is 1. The highest BCUT2D eigenvalue weighted by atomic mass is 35.5. The second-order valence-corrected chi connectivity index (χ2v) is 9.44. The number of halogens is 2. The maximum atomic E-state index is 12.5. The van der Waals surface area contributed by atoms with E-state index in [0.717, 1.165) is 16.7 Å². The molecule has 0 bridgehead atoms. The zero-order valence-corrected chi connectivity index (χ0v) is 22.8. The van der Waals surface area contributed by atoms with E-state index in [1.807, 2.05) is 42.5 Å². The highest BCUT2D eigenvalue weighted by molar-refractivity contribution is 6.39. The molecule has 0 unspecified atom stereocenters. The standard InChI is InChI=1S/C30H26Cl2N2O5/c1-19-23(29(34-39-19)28-24(31)9-6-10-25(28)32)18-38-22-14-11-20(12-15-22)13-16-27(35)33-26(30(36)37-2)17-21-7-4-3-5-8-21/h3-16,26H,17-18H2,1-2H3,(H,33,35)/b16-13+/t26-/m0/s1. The van der Waals surface area contributed by atoms with Crippen LogP contribution >= 0.6 is 23.2 Å². The van der Waals surface area contributed by atoms with Crippen molar-refractivity contribution in [2.45, 2.75) is 26.0 Å². The molecular weight excluding hydrogens is 539 g/mol. The van der Waals surface area contributed by atoms with Crippen LogP contribution in [0.3, 0.4) is 0 Å². The summed E-state index contributed by atoms with van der Waals surface area (Å²) in [6, 6.07) is 21.1. The molecule has 4 aromatic rings. The molecule has 39 heavy (non-hydrogen) atoms. The van der Waals surface area contributed by atoms with Gasteiger partial charge in [-0.3, -0.25) is 4.79 Å². The lowest BCUT2D eigenvalue weighted by Gasteiger charge is -2.15. The van der Waals surface area contributed by atoms with Crippen LogP contribution in [-0.4, -0.2) is 30.2 Å². The van der Waals surface area contributed by atoms with Gasteiger partial charge in [0, 0.05) is 18.1 Å². The second-order valence-electron chi connectivity index (χ2n) is 8.63. The molecule has 1 heterocycles. The molecule has 7 nitrogen and oxygen atoms in total. The Hall–Kier alpha value is -4.07. The maximum Gasteiger partial charge on any atom is 0.328 e. The second kappa shape index (κ2) is 13.1. The molecule has 200 valence electrons. The van der Waals surface area contributed by atoms with Gasteiger partial charge in [0.1, 0.15) is 29.9 Å². The van der Waals surface area contributed by atoms with Crippen LogP contribution in [-0.2, 0) is 27.4 Å². The summed E-state index contributed by atoms with van der Waals surface area (Å²) in [6.45, 7) is 1.99. The van der Waals surface area contributed by atoms with E-state index in [1.54, 1.807) is 43.3 Å². The van der Waals surface area contributed by atoms with Crippen molar-refractivity contribution < 1.29 is 23.6 Å². The highest BCUT2D eigenvalue weighted by Crippen LogP contribution is 2.37. The molecule has 4 rings (SSSR count). The largest absolute Gasteiger partial charge is 0.489 e. The Bertz CT molecular complexity index is 1450. The summed E-state index contributed by atoms with van der Waals surface area (Å²) in [4.78, 5) is 24.7. The molecule has 1 amide bonds. The van der Waals surface area contributed by atoms with E-state index >= 15 is 0 Å². The predicted molar refractivity (Wildman–Crippen MR) is 151 cm³/mol. The summed E-state index contributed by atoms with van der Waals surface area (Å²) >= 11 is 12.7. The zero-order chi connectivity index (χ0) is 27.8. The first-order valence-electron chi connectivity index (χ1n) is 12.1. The van der Waals surface area contributed by atoms with Gasteiger partial charge in [0.2, 0.25) is 5.91 Å². The van der Waals surface area contributed by atoms with Gasteiger partial charge < -0.3 is 19.3 Å². The summed E-state index contributed by atoms with van der Waals surface area (Å²) in [5.74, 6) is 0.298. The number of nitrogens with one attached hydrogen (secondary N) is 1. The van der Waals surface area contributed by atoms with Crippen molar-refractivity contribution in [2.24, 2.45) is 0 Å². The van der Waals surface area contributed by atoms with Crippen LogP contribution in [0.25, 0.3) is 17.3 Å². The fraction of sp³-hybridized carbons (Fsp3) is 0.167. The van der Waals surface area contributed by atoms with Crippen LogP contribution in [0.1, 0.15) is 22.5 Å².